The predicted molar refractivity (Wildman–Crippen MR) is 65.2 cm³/mol. The van der Waals surface area contributed by atoms with Gasteiger partial charge in [0.1, 0.15) is 0 Å². The van der Waals surface area contributed by atoms with Gasteiger partial charge in [0.05, 0.1) is 12.2 Å². The molecule has 92 valence electrons. The average Bonchev–Trinajstić information content (AvgIpc) is 2.29. The van der Waals surface area contributed by atoms with Crippen molar-refractivity contribution in [2.45, 2.75) is 31.8 Å². The van der Waals surface area contributed by atoms with Crippen molar-refractivity contribution in [3.05, 3.63) is 35.4 Å². The van der Waals surface area contributed by atoms with Gasteiger partial charge in [0.2, 0.25) is 0 Å². The molecular weight excluding hydrogens is 216 g/mol. The SMILES string of the molecule is CC(=O)c1ccccc1CC1(O)CCCOC1. The Hall–Kier alpha value is -1.19. The van der Waals surface area contributed by atoms with E-state index >= 15 is 0 Å². The van der Waals surface area contributed by atoms with Crippen LogP contribution in [0.5, 0.6) is 0 Å². The molecule has 1 fully saturated rings. The van der Waals surface area contributed by atoms with Gasteiger partial charge in [-0.15, -0.1) is 0 Å². The lowest BCUT2D eigenvalue weighted by Gasteiger charge is -2.32. The lowest BCUT2D eigenvalue weighted by Crippen LogP contribution is -2.40. The molecule has 0 saturated carbocycles. The van der Waals surface area contributed by atoms with Crippen LogP contribution in [0.2, 0.25) is 0 Å². The molecule has 1 atom stereocenters. The standard InChI is InChI=1S/C14H18O3/c1-11(15)13-6-3-2-5-12(13)9-14(16)7-4-8-17-10-14/h2-3,5-6,16H,4,7-10H2,1H3. The highest BCUT2D eigenvalue weighted by atomic mass is 16.5. The van der Waals surface area contributed by atoms with Crippen molar-refractivity contribution in [1.82, 2.24) is 0 Å². The molecule has 1 saturated heterocycles. The first kappa shape index (κ1) is 12.3. The van der Waals surface area contributed by atoms with Gasteiger partial charge in [-0.05, 0) is 25.3 Å². The number of ketones is 1. The summed E-state index contributed by atoms with van der Waals surface area (Å²) in [7, 11) is 0. The number of carbonyl (C=O) groups excluding carboxylic acids is 1. The third-order valence-corrected chi connectivity index (χ3v) is 3.22. The molecule has 1 aromatic carbocycles. The van der Waals surface area contributed by atoms with Crippen LogP contribution >= 0.6 is 0 Å². The molecule has 1 aromatic rings. The predicted octanol–water partition coefficient (Wildman–Crippen LogP) is 1.97. The number of benzene rings is 1. The molecule has 0 radical (unpaired) electrons. The quantitative estimate of drug-likeness (QED) is 0.813. The first-order valence-corrected chi connectivity index (χ1v) is 6.00. The van der Waals surface area contributed by atoms with Crippen molar-refractivity contribution in [1.29, 1.82) is 0 Å². The number of hydrogen-bond donors (Lipinski definition) is 1. The van der Waals surface area contributed by atoms with Crippen LogP contribution in [-0.4, -0.2) is 29.7 Å². The smallest absolute Gasteiger partial charge is 0.160 e. The third-order valence-electron chi connectivity index (χ3n) is 3.22. The highest BCUT2D eigenvalue weighted by Crippen LogP contribution is 2.25. The lowest BCUT2D eigenvalue weighted by molar-refractivity contribution is -0.0845. The van der Waals surface area contributed by atoms with Gasteiger partial charge in [-0.3, -0.25) is 4.79 Å². The van der Waals surface area contributed by atoms with Crippen LogP contribution in [0.3, 0.4) is 0 Å². The lowest BCUT2D eigenvalue weighted by atomic mass is 9.87. The van der Waals surface area contributed by atoms with E-state index in [0.717, 1.165) is 25.0 Å². The Labute approximate surface area is 101 Å². The highest BCUT2D eigenvalue weighted by Gasteiger charge is 2.31. The van der Waals surface area contributed by atoms with E-state index in [4.69, 9.17) is 4.74 Å². The molecule has 17 heavy (non-hydrogen) atoms. The van der Waals surface area contributed by atoms with Crippen molar-refractivity contribution in [3.63, 3.8) is 0 Å². The fourth-order valence-corrected chi connectivity index (χ4v) is 2.35. The number of carbonyl (C=O) groups is 1. The van der Waals surface area contributed by atoms with E-state index in [9.17, 15) is 9.90 Å². The summed E-state index contributed by atoms with van der Waals surface area (Å²) in [6, 6.07) is 7.46. The molecule has 1 N–H and O–H groups in total. The number of ether oxygens (including phenoxy) is 1. The number of Topliss-reactive ketones (excluding diaryl/α,β-unsaturated/α-hetero) is 1. The van der Waals surface area contributed by atoms with Crippen molar-refractivity contribution in [3.8, 4) is 0 Å². The minimum Gasteiger partial charge on any atom is -0.387 e. The largest absolute Gasteiger partial charge is 0.387 e. The van der Waals surface area contributed by atoms with Crippen molar-refractivity contribution < 1.29 is 14.6 Å². The summed E-state index contributed by atoms with van der Waals surface area (Å²) >= 11 is 0. The third kappa shape index (κ3) is 2.93. The summed E-state index contributed by atoms with van der Waals surface area (Å²) in [5.74, 6) is 0.0425. The van der Waals surface area contributed by atoms with Crippen LogP contribution in [0.1, 0.15) is 35.7 Å². The molecule has 0 amide bonds. The topological polar surface area (TPSA) is 46.5 Å². The second-order valence-electron chi connectivity index (χ2n) is 4.77. The maximum atomic E-state index is 11.5. The Morgan fingerprint density at radius 3 is 2.88 bits per heavy atom. The van der Waals surface area contributed by atoms with E-state index in [2.05, 4.69) is 0 Å². The Morgan fingerprint density at radius 2 is 2.24 bits per heavy atom. The fourth-order valence-electron chi connectivity index (χ4n) is 2.35. The van der Waals surface area contributed by atoms with E-state index in [-0.39, 0.29) is 5.78 Å². The monoisotopic (exact) mass is 234 g/mol. The Morgan fingerprint density at radius 1 is 1.47 bits per heavy atom. The minimum atomic E-state index is -0.816. The van der Waals surface area contributed by atoms with Gasteiger partial charge in [-0.1, -0.05) is 24.3 Å². The fraction of sp³-hybridized carbons (Fsp3) is 0.500. The summed E-state index contributed by atoms with van der Waals surface area (Å²) in [5, 5.41) is 10.4. The minimum absolute atomic E-state index is 0.0425. The second kappa shape index (κ2) is 4.98. The van der Waals surface area contributed by atoms with Crippen LogP contribution < -0.4 is 0 Å². The van der Waals surface area contributed by atoms with Crippen LogP contribution in [0.4, 0.5) is 0 Å². The molecule has 0 aliphatic carbocycles. The van der Waals surface area contributed by atoms with Crippen LogP contribution in [-0.2, 0) is 11.2 Å². The summed E-state index contributed by atoms with van der Waals surface area (Å²) in [6.45, 7) is 2.64. The molecule has 2 rings (SSSR count). The first-order chi connectivity index (χ1) is 8.11. The van der Waals surface area contributed by atoms with Crippen molar-refractivity contribution in [2.75, 3.05) is 13.2 Å². The summed E-state index contributed by atoms with van der Waals surface area (Å²) in [5.41, 5.74) is 0.795. The molecule has 0 spiro atoms. The van der Waals surface area contributed by atoms with Gasteiger partial charge in [-0.25, -0.2) is 0 Å². The Balaban J connectivity index is 2.20. The molecule has 3 heteroatoms. The van der Waals surface area contributed by atoms with E-state index in [1.807, 2.05) is 24.3 Å². The maximum Gasteiger partial charge on any atom is 0.160 e. The van der Waals surface area contributed by atoms with E-state index in [1.165, 1.54) is 0 Å². The van der Waals surface area contributed by atoms with E-state index < -0.39 is 5.60 Å². The van der Waals surface area contributed by atoms with Gasteiger partial charge in [0.15, 0.2) is 5.78 Å². The average molecular weight is 234 g/mol. The van der Waals surface area contributed by atoms with Crippen LogP contribution in [0.15, 0.2) is 24.3 Å². The molecule has 1 aliphatic heterocycles. The van der Waals surface area contributed by atoms with Gasteiger partial charge < -0.3 is 9.84 Å². The van der Waals surface area contributed by atoms with Gasteiger partial charge >= 0.3 is 0 Å². The van der Waals surface area contributed by atoms with Gasteiger partial charge in [0.25, 0.3) is 0 Å². The second-order valence-corrected chi connectivity index (χ2v) is 4.77. The molecule has 1 heterocycles. The molecule has 3 nitrogen and oxygen atoms in total. The van der Waals surface area contributed by atoms with Gasteiger partial charge in [0, 0.05) is 18.6 Å². The number of aliphatic hydroxyl groups is 1. The zero-order valence-corrected chi connectivity index (χ0v) is 10.1. The van der Waals surface area contributed by atoms with Crippen LogP contribution in [0, 0.1) is 0 Å². The molecule has 1 unspecified atom stereocenters. The molecule has 0 bridgehead atoms. The molecule has 0 aromatic heterocycles. The molecular formula is C14H18O3. The van der Waals surface area contributed by atoms with E-state index in [1.54, 1.807) is 6.92 Å². The van der Waals surface area contributed by atoms with Crippen LogP contribution in [0.25, 0.3) is 0 Å². The zero-order chi connectivity index (χ0) is 12.3. The van der Waals surface area contributed by atoms with Crippen molar-refractivity contribution >= 4 is 5.78 Å². The van der Waals surface area contributed by atoms with Gasteiger partial charge in [-0.2, -0.15) is 0 Å². The summed E-state index contributed by atoms with van der Waals surface area (Å²) in [4.78, 5) is 11.5. The zero-order valence-electron chi connectivity index (χ0n) is 10.1. The number of hydrogen-bond acceptors (Lipinski definition) is 3. The highest BCUT2D eigenvalue weighted by molar-refractivity contribution is 5.95. The van der Waals surface area contributed by atoms with E-state index in [0.29, 0.717) is 18.6 Å². The summed E-state index contributed by atoms with van der Waals surface area (Å²) in [6.07, 6.45) is 2.10. The first-order valence-electron chi connectivity index (χ1n) is 6.00. The molecule has 1 aliphatic rings. The number of rotatable bonds is 3. The Bertz CT molecular complexity index is 406. The Kier molecular flexibility index (Phi) is 3.60. The van der Waals surface area contributed by atoms with Crippen molar-refractivity contribution in [2.24, 2.45) is 0 Å². The maximum absolute atomic E-state index is 11.5. The summed E-state index contributed by atoms with van der Waals surface area (Å²) < 4.78 is 5.32. The normalized spacial score (nSPS) is 24.6.